The Balaban J connectivity index is 0.00000261. The first-order valence-corrected chi connectivity index (χ1v) is 9.79. The summed E-state index contributed by atoms with van der Waals surface area (Å²) in [6.45, 7) is 7.00. The Labute approximate surface area is 179 Å². The lowest BCUT2D eigenvalue weighted by atomic mass is 10.1. The molecule has 1 atom stereocenters. The van der Waals surface area contributed by atoms with Gasteiger partial charge in [0, 0.05) is 26.2 Å². The van der Waals surface area contributed by atoms with Crippen LogP contribution in [0.4, 0.5) is 0 Å². The van der Waals surface area contributed by atoms with Crippen LogP contribution >= 0.6 is 24.0 Å². The zero-order valence-corrected chi connectivity index (χ0v) is 18.4. The fraction of sp³-hybridized carbons (Fsp3) is 0.650. The summed E-state index contributed by atoms with van der Waals surface area (Å²) >= 11 is 0. The fourth-order valence-corrected chi connectivity index (χ4v) is 3.50. The maximum Gasteiger partial charge on any atom is 0.194 e. The predicted octanol–water partition coefficient (Wildman–Crippen LogP) is 3.14. The number of nitrogens with zero attached hydrogens (tertiary/aromatic N) is 2. The van der Waals surface area contributed by atoms with Crippen LogP contribution in [0, 0.1) is 0 Å². The summed E-state index contributed by atoms with van der Waals surface area (Å²) < 4.78 is 11.7. The van der Waals surface area contributed by atoms with E-state index < -0.39 is 0 Å². The quantitative estimate of drug-likeness (QED) is 0.365. The van der Waals surface area contributed by atoms with E-state index in [1.54, 1.807) is 12.1 Å². The Morgan fingerprint density at radius 3 is 2.81 bits per heavy atom. The summed E-state index contributed by atoms with van der Waals surface area (Å²) in [6.07, 6.45) is 4.95. The van der Waals surface area contributed by atoms with Crippen molar-refractivity contribution >= 4 is 29.9 Å². The summed E-state index contributed by atoms with van der Waals surface area (Å²) in [5.41, 5.74) is 1.01. The number of likely N-dealkylation sites (tertiary alicyclic amines) is 1. The minimum atomic E-state index is 0. The molecule has 7 heteroatoms. The minimum Gasteiger partial charge on any atom is -0.508 e. The van der Waals surface area contributed by atoms with Gasteiger partial charge in [0.15, 0.2) is 5.96 Å². The van der Waals surface area contributed by atoms with Gasteiger partial charge in [-0.15, -0.1) is 24.0 Å². The lowest BCUT2D eigenvalue weighted by Gasteiger charge is -2.34. The van der Waals surface area contributed by atoms with Crippen LogP contribution in [0.5, 0.6) is 5.75 Å². The molecule has 2 saturated heterocycles. The zero-order valence-electron chi connectivity index (χ0n) is 16.1. The molecule has 0 aromatic heterocycles. The molecule has 27 heavy (non-hydrogen) atoms. The molecule has 6 nitrogen and oxygen atoms in total. The number of aromatic hydroxyl groups is 1. The first kappa shape index (κ1) is 22.2. The van der Waals surface area contributed by atoms with Crippen LogP contribution in [0.3, 0.4) is 0 Å². The van der Waals surface area contributed by atoms with Crippen molar-refractivity contribution in [3.05, 3.63) is 29.8 Å². The molecule has 0 radical (unpaired) electrons. The average molecular weight is 489 g/mol. The number of hydrogen-bond acceptors (Lipinski definition) is 4. The van der Waals surface area contributed by atoms with Crippen molar-refractivity contribution in [2.24, 2.45) is 4.99 Å². The van der Waals surface area contributed by atoms with Gasteiger partial charge in [0.25, 0.3) is 0 Å². The number of rotatable bonds is 6. The number of phenols is 1. The molecule has 2 heterocycles. The lowest BCUT2D eigenvalue weighted by molar-refractivity contribution is -0.0367. The largest absolute Gasteiger partial charge is 0.508 e. The standard InChI is InChI=1S/C20H31N3O3.HI/c1-2-21-20(22-14-16-5-3-6-17(24)13-16)23-10-8-18(9-11-23)26-15-19-7-4-12-25-19;/h3,5-6,13,18-19,24H,2,4,7-12,14-15H2,1H3,(H,21,22);1H. The van der Waals surface area contributed by atoms with Crippen molar-refractivity contribution in [1.29, 1.82) is 0 Å². The molecule has 0 aliphatic carbocycles. The number of piperidine rings is 1. The van der Waals surface area contributed by atoms with Gasteiger partial charge in [-0.1, -0.05) is 12.1 Å². The third kappa shape index (κ3) is 7.12. The number of benzene rings is 1. The van der Waals surface area contributed by atoms with Crippen molar-refractivity contribution in [3.8, 4) is 5.75 Å². The van der Waals surface area contributed by atoms with Crippen LogP contribution < -0.4 is 5.32 Å². The fourth-order valence-electron chi connectivity index (χ4n) is 3.50. The molecule has 0 bridgehead atoms. The number of phenolic OH excluding ortho intramolecular Hbond substituents is 1. The van der Waals surface area contributed by atoms with Crippen molar-refractivity contribution in [1.82, 2.24) is 10.2 Å². The second-order valence-electron chi connectivity index (χ2n) is 6.99. The monoisotopic (exact) mass is 489 g/mol. The van der Waals surface area contributed by atoms with Crippen LogP contribution in [0.15, 0.2) is 29.3 Å². The minimum absolute atomic E-state index is 0. The Morgan fingerprint density at radius 1 is 1.33 bits per heavy atom. The molecule has 1 aromatic carbocycles. The Kier molecular flexibility index (Phi) is 9.64. The highest BCUT2D eigenvalue weighted by Crippen LogP contribution is 2.18. The second-order valence-corrected chi connectivity index (χ2v) is 6.99. The first-order chi connectivity index (χ1) is 12.7. The second kappa shape index (κ2) is 11.7. The highest BCUT2D eigenvalue weighted by atomic mass is 127. The molecule has 1 aromatic rings. The van der Waals surface area contributed by atoms with E-state index in [2.05, 4.69) is 17.1 Å². The van der Waals surface area contributed by atoms with Gasteiger partial charge in [0.1, 0.15) is 5.75 Å². The van der Waals surface area contributed by atoms with Crippen molar-refractivity contribution in [3.63, 3.8) is 0 Å². The molecule has 2 N–H and O–H groups in total. The Morgan fingerprint density at radius 2 is 2.15 bits per heavy atom. The van der Waals surface area contributed by atoms with E-state index in [4.69, 9.17) is 14.5 Å². The van der Waals surface area contributed by atoms with Gasteiger partial charge in [0.2, 0.25) is 0 Å². The maximum absolute atomic E-state index is 9.59. The van der Waals surface area contributed by atoms with E-state index in [1.165, 1.54) is 0 Å². The summed E-state index contributed by atoms with van der Waals surface area (Å²) in [5.74, 6) is 1.22. The van der Waals surface area contributed by atoms with Crippen LogP contribution in [-0.4, -0.2) is 61.0 Å². The third-order valence-corrected chi connectivity index (χ3v) is 4.94. The highest BCUT2D eigenvalue weighted by molar-refractivity contribution is 14.0. The van der Waals surface area contributed by atoms with Crippen LogP contribution in [-0.2, 0) is 16.0 Å². The molecule has 0 amide bonds. The summed E-state index contributed by atoms with van der Waals surface area (Å²) in [5, 5.41) is 13.0. The van der Waals surface area contributed by atoms with Gasteiger partial charge in [-0.05, 0) is 50.3 Å². The van der Waals surface area contributed by atoms with Gasteiger partial charge in [-0.25, -0.2) is 4.99 Å². The zero-order chi connectivity index (χ0) is 18.2. The van der Waals surface area contributed by atoms with E-state index >= 15 is 0 Å². The molecule has 1 unspecified atom stereocenters. The Hall–Kier alpha value is -1.06. The molecule has 152 valence electrons. The number of aliphatic imine (C=N–C) groups is 1. The van der Waals surface area contributed by atoms with Crippen molar-refractivity contribution in [2.75, 3.05) is 32.8 Å². The van der Waals surface area contributed by atoms with Crippen LogP contribution in [0.25, 0.3) is 0 Å². The highest BCUT2D eigenvalue weighted by Gasteiger charge is 2.24. The molecule has 3 rings (SSSR count). The maximum atomic E-state index is 9.59. The van der Waals surface area contributed by atoms with E-state index in [0.29, 0.717) is 18.8 Å². The molecule has 0 saturated carbocycles. The normalized spacial score (nSPS) is 21.1. The van der Waals surface area contributed by atoms with Gasteiger partial charge in [-0.3, -0.25) is 0 Å². The Bertz CT molecular complexity index is 586. The molecule has 2 fully saturated rings. The third-order valence-electron chi connectivity index (χ3n) is 4.94. The molecular weight excluding hydrogens is 457 g/mol. The van der Waals surface area contributed by atoms with Gasteiger partial charge in [-0.2, -0.15) is 0 Å². The van der Waals surface area contributed by atoms with Crippen LogP contribution in [0.2, 0.25) is 0 Å². The smallest absolute Gasteiger partial charge is 0.194 e. The molecule has 0 spiro atoms. The number of ether oxygens (including phenoxy) is 2. The SMILES string of the molecule is CCNC(=NCc1cccc(O)c1)N1CCC(OCC2CCCO2)CC1.I. The van der Waals surface area contributed by atoms with E-state index in [9.17, 15) is 5.11 Å². The molecule has 2 aliphatic heterocycles. The predicted molar refractivity (Wildman–Crippen MR) is 118 cm³/mol. The van der Waals surface area contributed by atoms with Crippen molar-refractivity contribution < 1.29 is 14.6 Å². The summed E-state index contributed by atoms with van der Waals surface area (Å²) in [6, 6.07) is 7.28. The van der Waals surface area contributed by atoms with Gasteiger partial charge in [0.05, 0.1) is 25.4 Å². The van der Waals surface area contributed by atoms with Crippen molar-refractivity contribution in [2.45, 2.75) is 51.4 Å². The molecular formula is C20H32IN3O3. The summed E-state index contributed by atoms with van der Waals surface area (Å²) in [4.78, 5) is 7.05. The topological polar surface area (TPSA) is 66.3 Å². The van der Waals surface area contributed by atoms with Crippen LogP contribution in [0.1, 0.15) is 38.2 Å². The van der Waals surface area contributed by atoms with Gasteiger partial charge < -0.3 is 24.8 Å². The molecule has 2 aliphatic rings. The van der Waals surface area contributed by atoms with E-state index in [0.717, 1.165) is 70.1 Å². The van der Waals surface area contributed by atoms with E-state index in [1.807, 2.05) is 12.1 Å². The number of hydrogen-bond donors (Lipinski definition) is 2. The summed E-state index contributed by atoms with van der Waals surface area (Å²) in [7, 11) is 0. The van der Waals surface area contributed by atoms with E-state index in [-0.39, 0.29) is 29.7 Å². The van der Waals surface area contributed by atoms with Gasteiger partial charge >= 0.3 is 0 Å². The lowest BCUT2D eigenvalue weighted by Crippen LogP contribution is -2.47. The number of halogens is 1. The number of nitrogens with one attached hydrogen (secondary N) is 1. The first-order valence-electron chi connectivity index (χ1n) is 9.79. The number of guanidine groups is 1. The average Bonchev–Trinajstić information content (AvgIpc) is 3.18.